The predicted molar refractivity (Wildman–Crippen MR) is 83.0 cm³/mol. The summed E-state index contributed by atoms with van der Waals surface area (Å²) in [6, 6.07) is 5.20. The van der Waals surface area contributed by atoms with Crippen molar-refractivity contribution in [2.75, 3.05) is 13.9 Å². The van der Waals surface area contributed by atoms with E-state index < -0.39 is 5.92 Å². The molecule has 2 aliphatic rings. The van der Waals surface area contributed by atoms with Gasteiger partial charge in [0, 0.05) is 17.7 Å². The van der Waals surface area contributed by atoms with Crippen LogP contribution in [0.25, 0.3) is 0 Å². The summed E-state index contributed by atoms with van der Waals surface area (Å²) in [5, 5.41) is 0. The molecule has 3 heterocycles. The number of aromatic nitrogens is 1. The highest BCUT2D eigenvalue weighted by molar-refractivity contribution is 5.78. The molecular formula is C17H15NO6. The van der Waals surface area contributed by atoms with Gasteiger partial charge in [0.1, 0.15) is 5.75 Å². The molecule has 0 amide bonds. The second kappa shape index (κ2) is 5.30. The Kier molecular flexibility index (Phi) is 3.23. The molecule has 0 bridgehead atoms. The first-order valence-electron chi connectivity index (χ1n) is 7.49. The third kappa shape index (κ3) is 2.20. The number of methoxy groups -OCH3 is 1. The van der Waals surface area contributed by atoms with Crippen molar-refractivity contribution in [2.24, 2.45) is 0 Å². The van der Waals surface area contributed by atoms with Gasteiger partial charge in [-0.1, -0.05) is 0 Å². The molecule has 2 aromatic rings. The van der Waals surface area contributed by atoms with Gasteiger partial charge < -0.3 is 23.9 Å². The van der Waals surface area contributed by atoms with Gasteiger partial charge in [0.05, 0.1) is 19.1 Å². The smallest absolute Gasteiger partial charge is 0.312 e. The number of rotatable bonds is 2. The average Bonchev–Trinajstić information content (AvgIpc) is 3.00. The number of esters is 1. The Bertz CT molecular complexity index is 901. The van der Waals surface area contributed by atoms with Gasteiger partial charge in [-0.05, 0) is 24.6 Å². The summed E-state index contributed by atoms with van der Waals surface area (Å²) in [6.07, 6.45) is 0.0714. The fraction of sp³-hybridized carbons (Fsp3) is 0.294. The zero-order valence-electron chi connectivity index (χ0n) is 13.2. The minimum absolute atomic E-state index is 0.0714. The summed E-state index contributed by atoms with van der Waals surface area (Å²) in [7, 11) is 1.53. The average molecular weight is 329 g/mol. The number of carbonyl (C=O) groups excluding carboxylic acids is 1. The van der Waals surface area contributed by atoms with Crippen molar-refractivity contribution in [1.82, 2.24) is 4.98 Å². The zero-order valence-corrected chi connectivity index (χ0v) is 13.2. The van der Waals surface area contributed by atoms with E-state index in [9.17, 15) is 9.59 Å². The van der Waals surface area contributed by atoms with E-state index in [0.29, 0.717) is 34.3 Å². The van der Waals surface area contributed by atoms with Gasteiger partial charge >= 0.3 is 5.97 Å². The van der Waals surface area contributed by atoms with E-state index in [1.807, 2.05) is 0 Å². The lowest BCUT2D eigenvalue weighted by molar-refractivity contribution is -0.135. The molecule has 1 N–H and O–H groups in total. The molecule has 0 spiro atoms. The van der Waals surface area contributed by atoms with Crippen molar-refractivity contribution in [2.45, 2.75) is 19.3 Å². The SMILES string of the molecule is COc1cc(C2CC(=O)Oc3cc(C)[nH]c(=O)c32)cc2c1OCO2. The van der Waals surface area contributed by atoms with Gasteiger partial charge in [-0.25, -0.2) is 0 Å². The second-order valence-electron chi connectivity index (χ2n) is 5.75. The van der Waals surface area contributed by atoms with E-state index in [0.717, 1.165) is 5.56 Å². The van der Waals surface area contributed by atoms with Crippen molar-refractivity contribution >= 4 is 5.97 Å². The molecule has 0 aliphatic carbocycles. The molecule has 2 aliphatic heterocycles. The van der Waals surface area contributed by atoms with Crippen LogP contribution in [0.15, 0.2) is 23.0 Å². The lowest BCUT2D eigenvalue weighted by Crippen LogP contribution is -2.28. The molecule has 1 atom stereocenters. The molecule has 0 saturated heterocycles. The number of ether oxygens (including phenoxy) is 4. The summed E-state index contributed by atoms with van der Waals surface area (Å²) >= 11 is 0. The molecule has 24 heavy (non-hydrogen) atoms. The topological polar surface area (TPSA) is 86.9 Å². The van der Waals surface area contributed by atoms with Crippen LogP contribution in [0.5, 0.6) is 23.0 Å². The molecule has 124 valence electrons. The van der Waals surface area contributed by atoms with E-state index in [-0.39, 0.29) is 24.7 Å². The first-order chi connectivity index (χ1) is 11.6. The number of carbonyl (C=O) groups is 1. The maximum atomic E-state index is 12.4. The van der Waals surface area contributed by atoms with E-state index in [2.05, 4.69) is 4.98 Å². The zero-order chi connectivity index (χ0) is 16.8. The maximum Gasteiger partial charge on any atom is 0.312 e. The Morgan fingerprint density at radius 3 is 2.79 bits per heavy atom. The van der Waals surface area contributed by atoms with Crippen molar-refractivity contribution in [3.05, 3.63) is 45.4 Å². The molecular weight excluding hydrogens is 314 g/mol. The number of aromatic amines is 1. The van der Waals surface area contributed by atoms with Gasteiger partial charge in [-0.15, -0.1) is 0 Å². The van der Waals surface area contributed by atoms with Gasteiger partial charge in [-0.2, -0.15) is 0 Å². The summed E-state index contributed by atoms with van der Waals surface area (Å²) in [5.74, 6) is 1.05. The highest BCUT2D eigenvalue weighted by Gasteiger charge is 2.33. The van der Waals surface area contributed by atoms with Crippen LogP contribution in [-0.2, 0) is 4.79 Å². The fourth-order valence-electron chi connectivity index (χ4n) is 3.15. The number of pyridine rings is 1. The largest absolute Gasteiger partial charge is 0.493 e. The number of fused-ring (bicyclic) bond motifs is 2. The molecule has 1 aromatic carbocycles. The van der Waals surface area contributed by atoms with Crippen LogP contribution in [-0.4, -0.2) is 24.9 Å². The number of hydrogen-bond donors (Lipinski definition) is 1. The van der Waals surface area contributed by atoms with Crippen LogP contribution >= 0.6 is 0 Å². The van der Waals surface area contributed by atoms with Gasteiger partial charge in [0.15, 0.2) is 11.5 Å². The molecule has 4 rings (SSSR count). The number of hydrogen-bond acceptors (Lipinski definition) is 6. The highest BCUT2D eigenvalue weighted by Crippen LogP contribution is 2.46. The van der Waals surface area contributed by atoms with Crippen molar-refractivity contribution in [1.29, 1.82) is 0 Å². The summed E-state index contributed by atoms with van der Waals surface area (Å²) < 4.78 is 21.4. The minimum Gasteiger partial charge on any atom is -0.493 e. The first kappa shape index (κ1) is 14.6. The Balaban J connectivity index is 1.90. The van der Waals surface area contributed by atoms with Crippen LogP contribution in [0.3, 0.4) is 0 Å². The number of benzene rings is 1. The quantitative estimate of drug-likeness (QED) is 0.846. The van der Waals surface area contributed by atoms with Crippen molar-refractivity contribution < 1.29 is 23.7 Å². The lowest BCUT2D eigenvalue weighted by Gasteiger charge is -2.24. The number of H-pyrrole nitrogens is 1. The van der Waals surface area contributed by atoms with Gasteiger partial charge in [-0.3, -0.25) is 9.59 Å². The molecule has 7 nitrogen and oxygen atoms in total. The van der Waals surface area contributed by atoms with Crippen LogP contribution < -0.4 is 24.5 Å². The standard InChI is InChI=1S/C17H15NO6/c1-8-3-11-15(17(20)18-8)10(6-14(19)24-11)9-4-12(21-2)16-13(5-9)22-7-23-16/h3-5,10H,6-7H2,1-2H3,(H,18,20). The van der Waals surface area contributed by atoms with Gasteiger partial charge in [0.2, 0.25) is 12.5 Å². The maximum absolute atomic E-state index is 12.4. The fourth-order valence-corrected chi connectivity index (χ4v) is 3.15. The van der Waals surface area contributed by atoms with Crippen LogP contribution in [0, 0.1) is 6.92 Å². The van der Waals surface area contributed by atoms with Gasteiger partial charge in [0.25, 0.3) is 5.56 Å². The first-order valence-corrected chi connectivity index (χ1v) is 7.49. The summed E-state index contributed by atoms with van der Waals surface area (Å²) in [6.45, 7) is 1.85. The molecule has 0 radical (unpaired) electrons. The van der Waals surface area contributed by atoms with Crippen LogP contribution in [0.1, 0.15) is 29.2 Å². The molecule has 1 aromatic heterocycles. The third-order valence-corrected chi connectivity index (χ3v) is 4.19. The van der Waals surface area contributed by atoms with Crippen LogP contribution in [0.4, 0.5) is 0 Å². The van der Waals surface area contributed by atoms with Crippen LogP contribution in [0.2, 0.25) is 0 Å². The van der Waals surface area contributed by atoms with E-state index in [1.165, 1.54) is 7.11 Å². The number of aryl methyl sites for hydroxylation is 1. The minimum atomic E-state index is -0.436. The Hall–Kier alpha value is -2.96. The summed E-state index contributed by atoms with van der Waals surface area (Å²) in [5.41, 5.74) is 1.54. The normalized spacial score (nSPS) is 18.1. The predicted octanol–water partition coefficient (Wildman–Crippen LogP) is 1.86. The van der Waals surface area contributed by atoms with E-state index in [4.69, 9.17) is 18.9 Å². The Morgan fingerprint density at radius 2 is 2.00 bits per heavy atom. The second-order valence-corrected chi connectivity index (χ2v) is 5.75. The van der Waals surface area contributed by atoms with Crippen molar-refractivity contribution in [3.63, 3.8) is 0 Å². The number of nitrogens with one attached hydrogen (secondary N) is 1. The van der Waals surface area contributed by atoms with E-state index in [1.54, 1.807) is 25.1 Å². The molecule has 7 heteroatoms. The molecule has 1 unspecified atom stereocenters. The Morgan fingerprint density at radius 1 is 1.17 bits per heavy atom. The highest BCUT2D eigenvalue weighted by atomic mass is 16.7. The monoisotopic (exact) mass is 329 g/mol. The third-order valence-electron chi connectivity index (χ3n) is 4.19. The molecule has 0 saturated carbocycles. The van der Waals surface area contributed by atoms with Crippen molar-refractivity contribution in [3.8, 4) is 23.0 Å². The van der Waals surface area contributed by atoms with E-state index >= 15 is 0 Å². The lowest BCUT2D eigenvalue weighted by atomic mass is 9.86. The summed E-state index contributed by atoms with van der Waals surface area (Å²) in [4.78, 5) is 27.2. The Labute approximate surface area is 137 Å². The molecule has 0 fully saturated rings.